The fourth-order valence-electron chi connectivity index (χ4n) is 2.37. The van der Waals surface area contributed by atoms with Gasteiger partial charge < -0.3 is 0 Å². The number of sulfonamides is 1. The normalized spacial score (nSPS) is 11.8. The highest BCUT2D eigenvalue weighted by molar-refractivity contribution is 7.88. The second kappa shape index (κ2) is 6.62. The molecule has 23 heavy (non-hydrogen) atoms. The first-order valence-corrected chi connectivity index (χ1v) is 8.83. The number of fused-ring (bicyclic) bond motifs is 1. The third-order valence-electron chi connectivity index (χ3n) is 3.42. The summed E-state index contributed by atoms with van der Waals surface area (Å²) in [6.45, 7) is 0. The fourth-order valence-corrected chi connectivity index (χ4v) is 3.27. The Labute approximate surface area is 135 Å². The van der Waals surface area contributed by atoms with Gasteiger partial charge in [-0.2, -0.15) is 5.10 Å². The smallest absolute Gasteiger partial charge is 0.205 e. The van der Waals surface area contributed by atoms with Gasteiger partial charge in [-0.3, -0.25) is 0 Å². The summed E-state index contributed by atoms with van der Waals surface area (Å²) >= 11 is 0. The van der Waals surface area contributed by atoms with E-state index in [4.69, 9.17) is 0 Å². The number of nitrogens with zero attached hydrogens (tertiary/aromatic N) is 1. The minimum absolute atomic E-state index is 0.0965. The van der Waals surface area contributed by atoms with Crippen LogP contribution in [0.3, 0.4) is 0 Å². The predicted molar refractivity (Wildman–Crippen MR) is 93.7 cm³/mol. The van der Waals surface area contributed by atoms with Gasteiger partial charge in [-0.25, -0.2) is 13.2 Å². The Kier molecular flexibility index (Phi) is 4.39. The average Bonchev–Trinajstić information content (AvgIpc) is 2.55. The summed E-state index contributed by atoms with van der Waals surface area (Å²) in [5.74, 6) is -0.0965. The molecule has 0 aliphatic heterocycles. The van der Waals surface area contributed by atoms with Crippen LogP contribution in [0.5, 0.6) is 0 Å². The van der Waals surface area contributed by atoms with Gasteiger partial charge in [-0.15, -0.1) is 0 Å². The maximum Gasteiger partial charge on any atom is 0.251 e. The molecule has 0 saturated carbocycles. The van der Waals surface area contributed by atoms with Gasteiger partial charge in [0.15, 0.2) is 0 Å². The van der Waals surface area contributed by atoms with Crippen LogP contribution in [0.2, 0.25) is 0 Å². The Hall–Kier alpha value is -2.66. The molecule has 1 N–H and O–H groups in total. The van der Waals surface area contributed by atoms with Crippen LogP contribution in [0.15, 0.2) is 77.9 Å². The Morgan fingerprint density at radius 3 is 2.39 bits per heavy atom. The standard InChI is InChI=1S/C18H16N2O2S/c21-23(22,14-15-7-2-1-3-8-15)20-19-13-17-11-6-10-16-9-4-5-12-18(16)17/h1-13,20H,14H2/b19-13+. The predicted octanol–water partition coefficient (Wildman–Crippen LogP) is 3.29. The van der Waals surface area contributed by atoms with Crippen molar-refractivity contribution in [2.24, 2.45) is 5.10 Å². The molecule has 3 aromatic rings. The van der Waals surface area contributed by atoms with E-state index in [0.29, 0.717) is 0 Å². The SMILES string of the molecule is O=S(=O)(Cc1ccccc1)N/N=C/c1cccc2ccccc12. The fraction of sp³-hybridized carbons (Fsp3) is 0.0556. The molecule has 5 heteroatoms. The van der Waals surface area contributed by atoms with E-state index < -0.39 is 10.0 Å². The van der Waals surface area contributed by atoms with Crippen LogP contribution >= 0.6 is 0 Å². The molecule has 0 aliphatic carbocycles. The molecule has 0 atom stereocenters. The highest BCUT2D eigenvalue weighted by Gasteiger charge is 2.09. The first-order chi connectivity index (χ1) is 11.1. The molecule has 0 heterocycles. The first-order valence-electron chi connectivity index (χ1n) is 7.18. The van der Waals surface area contributed by atoms with Crippen molar-refractivity contribution in [3.8, 4) is 0 Å². The average molecular weight is 324 g/mol. The molecule has 0 fully saturated rings. The van der Waals surface area contributed by atoms with Crippen molar-refractivity contribution in [3.63, 3.8) is 0 Å². The van der Waals surface area contributed by atoms with Crippen LogP contribution in [-0.4, -0.2) is 14.6 Å². The number of hydrogen-bond acceptors (Lipinski definition) is 3. The second-order valence-electron chi connectivity index (χ2n) is 5.16. The maximum absolute atomic E-state index is 12.0. The number of hydrazone groups is 1. The van der Waals surface area contributed by atoms with Gasteiger partial charge >= 0.3 is 0 Å². The zero-order valence-electron chi connectivity index (χ0n) is 12.4. The highest BCUT2D eigenvalue weighted by Crippen LogP contribution is 2.16. The summed E-state index contributed by atoms with van der Waals surface area (Å²) in [6, 6.07) is 22.7. The van der Waals surface area contributed by atoms with E-state index in [1.54, 1.807) is 12.1 Å². The van der Waals surface area contributed by atoms with Crippen LogP contribution in [0.4, 0.5) is 0 Å². The number of hydrogen-bond donors (Lipinski definition) is 1. The zero-order chi connectivity index (χ0) is 16.1. The van der Waals surface area contributed by atoms with E-state index >= 15 is 0 Å². The number of nitrogens with one attached hydrogen (secondary N) is 1. The van der Waals surface area contributed by atoms with Gasteiger partial charge in [0.2, 0.25) is 0 Å². The molecule has 0 spiro atoms. The van der Waals surface area contributed by atoms with E-state index in [0.717, 1.165) is 21.9 Å². The van der Waals surface area contributed by atoms with Crippen LogP contribution in [0.1, 0.15) is 11.1 Å². The minimum atomic E-state index is -3.51. The van der Waals surface area contributed by atoms with Crippen molar-refractivity contribution in [2.75, 3.05) is 0 Å². The lowest BCUT2D eigenvalue weighted by Crippen LogP contribution is -2.20. The van der Waals surface area contributed by atoms with Gasteiger partial charge in [-0.1, -0.05) is 72.8 Å². The molecule has 0 saturated heterocycles. The van der Waals surface area contributed by atoms with Crippen molar-refractivity contribution < 1.29 is 8.42 Å². The van der Waals surface area contributed by atoms with Gasteiger partial charge in [0.1, 0.15) is 0 Å². The molecule has 0 aromatic heterocycles. The van der Waals surface area contributed by atoms with Crippen LogP contribution < -0.4 is 4.83 Å². The Morgan fingerprint density at radius 2 is 1.57 bits per heavy atom. The molecule has 0 radical (unpaired) electrons. The lowest BCUT2D eigenvalue weighted by Gasteiger charge is -2.04. The van der Waals surface area contributed by atoms with E-state index in [1.165, 1.54) is 6.21 Å². The molecule has 0 bridgehead atoms. The van der Waals surface area contributed by atoms with Gasteiger partial charge in [0, 0.05) is 5.56 Å². The lowest BCUT2D eigenvalue weighted by atomic mass is 10.1. The molecule has 3 aromatic carbocycles. The topological polar surface area (TPSA) is 58.5 Å². The van der Waals surface area contributed by atoms with Crippen molar-refractivity contribution in [2.45, 2.75) is 5.75 Å². The van der Waals surface area contributed by atoms with Crippen LogP contribution in [0, 0.1) is 0 Å². The summed E-state index contributed by atoms with van der Waals surface area (Å²) in [5, 5.41) is 6.01. The van der Waals surface area contributed by atoms with Crippen LogP contribution in [0.25, 0.3) is 10.8 Å². The Balaban J connectivity index is 1.75. The Bertz CT molecular complexity index is 930. The molecule has 0 aliphatic rings. The summed E-state index contributed by atoms with van der Waals surface area (Å²) in [6.07, 6.45) is 1.53. The quantitative estimate of drug-likeness (QED) is 0.578. The van der Waals surface area contributed by atoms with E-state index in [1.807, 2.05) is 60.7 Å². The molecular weight excluding hydrogens is 308 g/mol. The summed E-state index contributed by atoms with van der Waals surface area (Å²) in [4.78, 5) is 2.26. The summed E-state index contributed by atoms with van der Waals surface area (Å²) in [7, 11) is -3.51. The number of rotatable bonds is 5. The molecular formula is C18H16N2O2S. The van der Waals surface area contributed by atoms with Crippen molar-refractivity contribution in [1.29, 1.82) is 0 Å². The minimum Gasteiger partial charge on any atom is -0.205 e. The van der Waals surface area contributed by atoms with Gasteiger partial charge in [0.05, 0.1) is 12.0 Å². The molecule has 3 rings (SSSR count). The van der Waals surface area contributed by atoms with Crippen molar-refractivity contribution in [1.82, 2.24) is 4.83 Å². The molecule has 116 valence electrons. The van der Waals surface area contributed by atoms with Crippen molar-refractivity contribution in [3.05, 3.63) is 83.9 Å². The van der Waals surface area contributed by atoms with Crippen LogP contribution in [-0.2, 0) is 15.8 Å². The molecule has 0 unspecified atom stereocenters. The zero-order valence-corrected chi connectivity index (χ0v) is 13.2. The lowest BCUT2D eigenvalue weighted by molar-refractivity contribution is 0.584. The molecule has 0 amide bonds. The summed E-state index contributed by atoms with van der Waals surface area (Å²) in [5.41, 5.74) is 1.59. The monoisotopic (exact) mass is 324 g/mol. The van der Waals surface area contributed by atoms with Gasteiger partial charge in [-0.05, 0) is 16.3 Å². The highest BCUT2D eigenvalue weighted by atomic mass is 32.2. The Morgan fingerprint density at radius 1 is 0.870 bits per heavy atom. The molecule has 4 nitrogen and oxygen atoms in total. The van der Waals surface area contributed by atoms with E-state index in [-0.39, 0.29) is 5.75 Å². The van der Waals surface area contributed by atoms with E-state index in [9.17, 15) is 8.42 Å². The van der Waals surface area contributed by atoms with Gasteiger partial charge in [0.25, 0.3) is 10.0 Å². The van der Waals surface area contributed by atoms with Crippen molar-refractivity contribution >= 4 is 27.0 Å². The second-order valence-corrected chi connectivity index (χ2v) is 6.86. The largest absolute Gasteiger partial charge is 0.251 e. The summed E-state index contributed by atoms with van der Waals surface area (Å²) < 4.78 is 24.1. The van der Waals surface area contributed by atoms with E-state index in [2.05, 4.69) is 9.93 Å². The third kappa shape index (κ3) is 3.96. The third-order valence-corrected chi connectivity index (χ3v) is 4.52. The number of benzene rings is 3. The first kappa shape index (κ1) is 15.2. The maximum atomic E-state index is 12.0.